The topological polar surface area (TPSA) is 71.1 Å². The summed E-state index contributed by atoms with van der Waals surface area (Å²) >= 11 is 0. The molecule has 6 heteroatoms. The first-order valence-electron chi connectivity index (χ1n) is 8.68. The molecule has 0 aliphatic carbocycles. The van der Waals surface area contributed by atoms with Gasteiger partial charge in [0, 0.05) is 6.42 Å². The Hall–Kier alpha value is -3.02. The monoisotopic (exact) mass is 372 g/mol. The largest absolute Gasteiger partial charge is 0.497 e. The molecule has 0 radical (unpaired) electrons. The molecule has 2 aromatic rings. The van der Waals surface area contributed by atoms with Crippen molar-refractivity contribution in [1.82, 2.24) is 0 Å². The third-order valence-electron chi connectivity index (χ3n) is 3.83. The first kappa shape index (κ1) is 20.3. The molecule has 0 aliphatic heterocycles. The van der Waals surface area contributed by atoms with Gasteiger partial charge in [0.25, 0.3) is 0 Å². The highest BCUT2D eigenvalue weighted by Crippen LogP contribution is 2.13. The number of carbonyl (C=O) groups is 2. The van der Waals surface area contributed by atoms with E-state index in [2.05, 4.69) is 0 Å². The van der Waals surface area contributed by atoms with Crippen LogP contribution in [0.2, 0.25) is 0 Å². The normalized spacial score (nSPS) is 10.1. The fourth-order valence-corrected chi connectivity index (χ4v) is 2.35. The standard InChI is InChI=1S/C21H24O6/c1-24-18-8-4-16(5-9-18)14-20(22)26-12-3-13-27-21(23)15-17-6-10-19(25-2)11-7-17/h4-11H,3,12-15H2,1-2H3. The van der Waals surface area contributed by atoms with Crippen LogP contribution in [0.5, 0.6) is 11.5 Å². The van der Waals surface area contributed by atoms with Gasteiger partial charge in [0.15, 0.2) is 0 Å². The van der Waals surface area contributed by atoms with Crippen LogP contribution in [-0.2, 0) is 31.9 Å². The zero-order valence-electron chi connectivity index (χ0n) is 15.6. The molecule has 0 fully saturated rings. The van der Waals surface area contributed by atoms with E-state index >= 15 is 0 Å². The fourth-order valence-electron chi connectivity index (χ4n) is 2.35. The van der Waals surface area contributed by atoms with Crippen LogP contribution < -0.4 is 9.47 Å². The second kappa shape index (κ2) is 10.9. The minimum atomic E-state index is -0.315. The summed E-state index contributed by atoms with van der Waals surface area (Å²) < 4.78 is 20.4. The summed E-state index contributed by atoms with van der Waals surface area (Å²) in [7, 11) is 3.18. The molecule has 0 heterocycles. The van der Waals surface area contributed by atoms with Gasteiger partial charge in [0.1, 0.15) is 11.5 Å². The SMILES string of the molecule is COc1ccc(CC(=O)OCCCOC(=O)Cc2ccc(OC)cc2)cc1. The van der Waals surface area contributed by atoms with E-state index in [4.69, 9.17) is 18.9 Å². The van der Waals surface area contributed by atoms with Crippen LogP contribution >= 0.6 is 0 Å². The van der Waals surface area contributed by atoms with Gasteiger partial charge in [-0.25, -0.2) is 0 Å². The second-order valence-electron chi connectivity index (χ2n) is 5.84. The van der Waals surface area contributed by atoms with Gasteiger partial charge >= 0.3 is 11.9 Å². The molecule has 0 amide bonds. The molecule has 0 aliphatic rings. The first-order chi connectivity index (χ1) is 13.1. The second-order valence-corrected chi connectivity index (χ2v) is 5.84. The van der Waals surface area contributed by atoms with E-state index in [-0.39, 0.29) is 38.0 Å². The van der Waals surface area contributed by atoms with E-state index in [1.54, 1.807) is 38.5 Å². The number of benzene rings is 2. The summed E-state index contributed by atoms with van der Waals surface area (Å²) in [6.45, 7) is 0.426. The molecule has 6 nitrogen and oxygen atoms in total. The lowest BCUT2D eigenvalue weighted by atomic mass is 10.1. The third-order valence-corrected chi connectivity index (χ3v) is 3.83. The Labute approximate surface area is 159 Å². The maximum atomic E-state index is 11.8. The molecule has 0 atom stereocenters. The first-order valence-corrected chi connectivity index (χ1v) is 8.68. The van der Waals surface area contributed by atoms with E-state index in [1.165, 1.54) is 0 Å². The van der Waals surface area contributed by atoms with Crippen LogP contribution in [0.25, 0.3) is 0 Å². The molecule has 27 heavy (non-hydrogen) atoms. The molecular formula is C21H24O6. The Balaban J connectivity index is 1.58. The molecule has 0 bridgehead atoms. The Morgan fingerprint density at radius 3 is 1.37 bits per heavy atom. The number of hydrogen-bond acceptors (Lipinski definition) is 6. The minimum Gasteiger partial charge on any atom is -0.497 e. The highest BCUT2D eigenvalue weighted by atomic mass is 16.5. The van der Waals surface area contributed by atoms with Gasteiger partial charge in [-0.1, -0.05) is 24.3 Å². The quantitative estimate of drug-likeness (QED) is 0.472. The van der Waals surface area contributed by atoms with Crippen molar-refractivity contribution in [2.24, 2.45) is 0 Å². The van der Waals surface area contributed by atoms with E-state index < -0.39 is 0 Å². The molecule has 2 rings (SSSR count). The van der Waals surface area contributed by atoms with Gasteiger partial charge < -0.3 is 18.9 Å². The van der Waals surface area contributed by atoms with Crippen molar-refractivity contribution < 1.29 is 28.5 Å². The molecule has 144 valence electrons. The van der Waals surface area contributed by atoms with E-state index in [0.717, 1.165) is 22.6 Å². The molecule has 0 saturated carbocycles. The summed E-state index contributed by atoms with van der Waals surface area (Å²) in [5.74, 6) is 0.849. The summed E-state index contributed by atoms with van der Waals surface area (Å²) in [4.78, 5) is 23.6. The van der Waals surface area contributed by atoms with Gasteiger partial charge in [-0.2, -0.15) is 0 Å². The third kappa shape index (κ3) is 7.40. The fraction of sp³-hybridized carbons (Fsp3) is 0.333. The Bertz CT molecular complexity index is 658. The predicted octanol–water partition coefficient (Wildman–Crippen LogP) is 2.97. The van der Waals surface area contributed by atoms with Crippen LogP contribution in [0.1, 0.15) is 17.5 Å². The molecule has 0 spiro atoms. The highest BCUT2D eigenvalue weighted by molar-refractivity contribution is 5.73. The molecular weight excluding hydrogens is 348 g/mol. The van der Waals surface area contributed by atoms with Gasteiger partial charge in [-0.3, -0.25) is 9.59 Å². The number of rotatable bonds is 10. The van der Waals surface area contributed by atoms with Crippen molar-refractivity contribution in [3.05, 3.63) is 59.7 Å². The van der Waals surface area contributed by atoms with Gasteiger partial charge in [-0.05, 0) is 35.4 Å². The Kier molecular flexibility index (Phi) is 8.16. The molecule has 2 aromatic carbocycles. The van der Waals surface area contributed by atoms with Crippen LogP contribution in [-0.4, -0.2) is 39.4 Å². The predicted molar refractivity (Wildman–Crippen MR) is 99.9 cm³/mol. The van der Waals surface area contributed by atoms with E-state index in [0.29, 0.717) is 6.42 Å². The Morgan fingerprint density at radius 1 is 0.667 bits per heavy atom. The minimum absolute atomic E-state index is 0.196. The van der Waals surface area contributed by atoms with Crippen LogP contribution in [0.3, 0.4) is 0 Å². The summed E-state index contributed by atoms with van der Waals surface area (Å²) in [6.07, 6.45) is 0.852. The molecule has 0 aromatic heterocycles. The maximum Gasteiger partial charge on any atom is 0.310 e. The zero-order valence-corrected chi connectivity index (χ0v) is 15.6. The number of carbonyl (C=O) groups excluding carboxylic acids is 2. The lowest BCUT2D eigenvalue weighted by molar-refractivity contribution is -0.145. The number of esters is 2. The van der Waals surface area contributed by atoms with Crippen LogP contribution in [0, 0.1) is 0 Å². The number of hydrogen-bond donors (Lipinski definition) is 0. The number of methoxy groups -OCH3 is 2. The van der Waals surface area contributed by atoms with E-state index in [1.807, 2.05) is 24.3 Å². The van der Waals surface area contributed by atoms with Gasteiger partial charge in [0.2, 0.25) is 0 Å². The van der Waals surface area contributed by atoms with Gasteiger partial charge in [0.05, 0.1) is 40.3 Å². The molecule has 0 N–H and O–H groups in total. The van der Waals surface area contributed by atoms with Crippen molar-refractivity contribution >= 4 is 11.9 Å². The van der Waals surface area contributed by atoms with Crippen molar-refractivity contribution in [2.75, 3.05) is 27.4 Å². The highest BCUT2D eigenvalue weighted by Gasteiger charge is 2.07. The van der Waals surface area contributed by atoms with Crippen molar-refractivity contribution in [3.8, 4) is 11.5 Å². The summed E-state index contributed by atoms with van der Waals surface area (Å²) in [5, 5.41) is 0. The summed E-state index contributed by atoms with van der Waals surface area (Å²) in [5.41, 5.74) is 1.71. The average Bonchev–Trinajstić information content (AvgIpc) is 2.69. The zero-order chi connectivity index (χ0) is 19.5. The lowest BCUT2D eigenvalue weighted by Crippen LogP contribution is -2.13. The maximum absolute atomic E-state index is 11.8. The molecule has 0 saturated heterocycles. The summed E-state index contributed by atoms with van der Waals surface area (Å²) in [6, 6.07) is 14.5. The molecule has 0 unspecified atom stereocenters. The van der Waals surface area contributed by atoms with Crippen LogP contribution in [0.15, 0.2) is 48.5 Å². The van der Waals surface area contributed by atoms with Crippen molar-refractivity contribution in [1.29, 1.82) is 0 Å². The Morgan fingerprint density at radius 2 is 1.04 bits per heavy atom. The van der Waals surface area contributed by atoms with Crippen molar-refractivity contribution in [3.63, 3.8) is 0 Å². The smallest absolute Gasteiger partial charge is 0.310 e. The van der Waals surface area contributed by atoms with E-state index in [9.17, 15) is 9.59 Å². The average molecular weight is 372 g/mol. The number of ether oxygens (including phenoxy) is 4. The lowest BCUT2D eigenvalue weighted by Gasteiger charge is -2.07. The van der Waals surface area contributed by atoms with Crippen molar-refractivity contribution in [2.45, 2.75) is 19.3 Å². The van der Waals surface area contributed by atoms with Crippen LogP contribution in [0.4, 0.5) is 0 Å². The van der Waals surface area contributed by atoms with Gasteiger partial charge in [-0.15, -0.1) is 0 Å².